The molecule has 3 rings (SSSR count). The van der Waals surface area contributed by atoms with Gasteiger partial charge < -0.3 is 20.4 Å². The summed E-state index contributed by atoms with van der Waals surface area (Å²) >= 11 is 0. The first kappa shape index (κ1) is 30.6. The van der Waals surface area contributed by atoms with Gasteiger partial charge in [-0.1, -0.05) is 41.5 Å². The van der Waals surface area contributed by atoms with Crippen LogP contribution >= 0.6 is 0 Å². The van der Waals surface area contributed by atoms with Crippen molar-refractivity contribution in [1.29, 1.82) is 0 Å². The first-order valence-electron chi connectivity index (χ1n) is 11.7. The molecule has 9 heteroatoms. The summed E-state index contributed by atoms with van der Waals surface area (Å²) in [6.45, 7) is 15.5. The number of halogens is 2. The lowest BCUT2D eigenvalue weighted by atomic mass is 10.0. The first-order chi connectivity index (χ1) is 16.0. The average molecular weight is 472 g/mol. The van der Waals surface area contributed by atoms with E-state index >= 15 is 0 Å². The van der Waals surface area contributed by atoms with Gasteiger partial charge in [-0.3, -0.25) is 10.3 Å². The number of rotatable bonds is 7. The smallest absolute Gasteiger partial charge is 0.166 e. The highest BCUT2D eigenvalue weighted by molar-refractivity contribution is 5.45. The average Bonchev–Trinajstić information content (AvgIpc) is 3.20. The van der Waals surface area contributed by atoms with Crippen LogP contribution in [0.3, 0.4) is 0 Å². The predicted molar refractivity (Wildman–Crippen MR) is 132 cm³/mol. The van der Waals surface area contributed by atoms with Crippen LogP contribution in [0.25, 0.3) is 0 Å². The second kappa shape index (κ2) is 17.2. The fourth-order valence-corrected chi connectivity index (χ4v) is 3.16. The van der Waals surface area contributed by atoms with Gasteiger partial charge in [-0.2, -0.15) is 0 Å². The van der Waals surface area contributed by atoms with Crippen LogP contribution < -0.4 is 21.5 Å². The van der Waals surface area contributed by atoms with Gasteiger partial charge in [0.1, 0.15) is 11.5 Å². The summed E-state index contributed by atoms with van der Waals surface area (Å²) in [4.78, 5) is 5.31. The molecule has 0 bridgehead atoms. The Morgan fingerprint density at radius 2 is 1.79 bits per heavy atom. The first-order valence-corrected chi connectivity index (χ1v) is 11.7. The van der Waals surface area contributed by atoms with E-state index in [-0.39, 0.29) is 24.9 Å². The van der Waals surface area contributed by atoms with Gasteiger partial charge in [0, 0.05) is 32.6 Å². The quantitative estimate of drug-likeness (QED) is 0.412. The Hall–Kier alpha value is -2.36. The molecule has 0 radical (unpaired) electrons. The van der Waals surface area contributed by atoms with Crippen molar-refractivity contribution in [3.8, 4) is 0 Å². The highest BCUT2D eigenvalue weighted by atomic mass is 19.1. The molecule has 0 spiro atoms. The number of hydroxylamine groups is 1. The van der Waals surface area contributed by atoms with Gasteiger partial charge >= 0.3 is 0 Å². The van der Waals surface area contributed by atoms with E-state index in [2.05, 4.69) is 34.5 Å². The summed E-state index contributed by atoms with van der Waals surface area (Å²) in [5.41, 5.74) is 9.78. The van der Waals surface area contributed by atoms with Gasteiger partial charge in [-0.25, -0.2) is 14.2 Å². The van der Waals surface area contributed by atoms with Crippen molar-refractivity contribution < 1.29 is 18.4 Å². The van der Waals surface area contributed by atoms with Gasteiger partial charge in [0.2, 0.25) is 0 Å². The third-order valence-electron chi connectivity index (χ3n) is 4.48. The third kappa shape index (κ3) is 9.19. The van der Waals surface area contributed by atoms with E-state index in [4.69, 9.17) is 9.57 Å². The molecule has 0 aliphatic carbocycles. The molecule has 0 saturated carbocycles. The van der Waals surface area contributed by atoms with Crippen LogP contribution in [0.2, 0.25) is 0 Å². The number of hydrogen-bond acceptors (Lipinski definition) is 7. The lowest BCUT2D eigenvalue weighted by Crippen LogP contribution is -2.39. The Morgan fingerprint density at radius 1 is 1.12 bits per heavy atom. The van der Waals surface area contributed by atoms with Gasteiger partial charge in [0.15, 0.2) is 5.83 Å². The van der Waals surface area contributed by atoms with Gasteiger partial charge in [-0.05, 0) is 30.2 Å². The lowest BCUT2D eigenvalue weighted by Gasteiger charge is -2.25. The molecular formula is C24H43F2N5O2. The molecule has 3 aliphatic rings. The van der Waals surface area contributed by atoms with Crippen molar-refractivity contribution in [1.82, 2.24) is 26.5 Å². The zero-order valence-electron chi connectivity index (χ0n) is 21.7. The molecule has 33 heavy (non-hydrogen) atoms. The largest absolute Gasteiger partial charge is 0.382 e. The van der Waals surface area contributed by atoms with Crippen molar-refractivity contribution in [2.45, 2.75) is 54.5 Å². The molecule has 7 nitrogen and oxygen atoms in total. The minimum absolute atomic E-state index is 0.0629. The predicted octanol–water partition coefficient (Wildman–Crippen LogP) is 4.33. The topological polar surface area (TPSA) is 69.8 Å². The summed E-state index contributed by atoms with van der Waals surface area (Å²) < 4.78 is 32.4. The van der Waals surface area contributed by atoms with Crippen molar-refractivity contribution in [2.75, 3.05) is 40.5 Å². The number of hydrazine groups is 1. The van der Waals surface area contributed by atoms with Gasteiger partial charge in [0.25, 0.3) is 0 Å². The van der Waals surface area contributed by atoms with Crippen LogP contribution in [-0.4, -0.2) is 51.5 Å². The van der Waals surface area contributed by atoms with Crippen molar-refractivity contribution in [2.24, 2.45) is 0 Å². The molecule has 0 aromatic carbocycles. The molecule has 3 aliphatic heterocycles. The highest BCUT2D eigenvalue weighted by Crippen LogP contribution is 2.25. The van der Waals surface area contributed by atoms with Gasteiger partial charge in [-0.15, -0.1) is 0 Å². The molecule has 0 amide bonds. The number of ether oxygens (including phenoxy) is 1. The van der Waals surface area contributed by atoms with E-state index in [1.54, 1.807) is 7.11 Å². The van der Waals surface area contributed by atoms with Crippen molar-refractivity contribution in [3.05, 3.63) is 58.2 Å². The van der Waals surface area contributed by atoms with E-state index in [0.29, 0.717) is 13.2 Å². The van der Waals surface area contributed by atoms with E-state index in [9.17, 15) is 8.78 Å². The molecule has 3 heterocycles. The van der Waals surface area contributed by atoms with Crippen LogP contribution in [-0.2, 0) is 9.57 Å². The number of methoxy groups -OCH3 is 1. The molecule has 0 aromatic heterocycles. The van der Waals surface area contributed by atoms with Crippen molar-refractivity contribution in [3.63, 3.8) is 0 Å². The maximum absolute atomic E-state index is 13.6. The molecule has 190 valence electrons. The fraction of sp³-hybridized carbons (Fsp3) is 0.583. The van der Waals surface area contributed by atoms with Crippen LogP contribution in [0.5, 0.6) is 0 Å². The van der Waals surface area contributed by atoms with Crippen molar-refractivity contribution >= 4 is 0 Å². The SMILES string of the molecule is CC.CC.CC.COCC1=CC(C)=C(C2=CC(CONC3=C(F)CNC=C3F)NN2C)CN1. The molecule has 4 N–H and O–H groups in total. The second-order valence-corrected chi connectivity index (χ2v) is 6.53. The Kier molecular flexibility index (Phi) is 15.9. The van der Waals surface area contributed by atoms with Gasteiger partial charge in [0.05, 0.1) is 31.5 Å². The number of hydrogen-bond donors (Lipinski definition) is 4. The third-order valence-corrected chi connectivity index (χ3v) is 4.48. The van der Waals surface area contributed by atoms with E-state index < -0.39 is 11.7 Å². The molecule has 0 fully saturated rings. The second-order valence-electron chi connectivity index (χ2n) is 6.53. The summed E-state index contributed by atoms with van der Waals surface area (Å²) in [7, 11) is 3.59. The normalized spacial score (nSPS) is 19.3. The minimum Gasteiger partial charge on any atom is -0.382 e. The summed E-state index contributed by atoms with van der Waals surface area (Å²) in [6, 6.07) is -0.125. The summed E-state index contributed by atoms with van der Waals surface area (Å²) in [5, 5.41) is 7.76. The Balaban J connectivity index is 0.00000158. The molecule has 1 atom stereocenters. The number of nitrogens with one attached hydrogen (secondary N) is 4. The Bertz CT molecular complexity index is 745. The lowest BCUT2D eigenvalue weighted by molar-refractivity contribution is 0.0453. The van der Waals surface area contributed by atoms with Crippen LogP contribution in [0.4, 0.5) is 8.78 Å². The van der Waals surface area contributed by atoms with Crippen LogP contribution in [0.1, 0.15) is 48.5 Å². The monoisotopic (exact) mass is 471 g/mol. The summed E-state index contributed by atoms with van der Waals surface area (Å²) in [5.74, 6) is -1.35. The minimum atomic E-state index is -0.723. The number of nitrogens with zero attached hydrogens (tertiary/aromatic N) is 1. The fourth-order valence-electron chi connectivity index (χ4n) is 3.16. The standard InChI is InChI=1S/C18H25F2N5O2.3C2H6/c1-11-4-12(9-26-3)22-6-14(11)17-5-13(23-25(17)2)10-27-24-18-15(19)7-21-8-16(18)20;3*1-2/h4-5,7,13,21-24H,6,8-10H2,1-3H3;3*1-2H3. The number of likely N-dealkylation sites (N-methyl/N-ethyl adjacent to an activating group) is 1. The van der Waals surface area contributed by atoms with Crippen LogP contribution in [0, 0.1) is 0 Å². The van der Waals surface area contributed by atoms with Crippen LogP contribution in [0.15, 0.2) is 58.2 Å². The Labute approximate surface area is 198 Å². The maximum Gasteiger partial charge on any atom is 0.166 e. The maximum atomic E-state index is 13.6. The van der Waals surface area contributed by atoms with E-state index in [1.807, 2.05) is 59.7 Å². The molecule has 0 saturated heterocycles. The molecule has 0 aromatic rings. The number of allylic oxidation sites excluding steroid dienone is 3. The number of dihydropyridines is 2. The summed E-state index contributed by atoms with van der Waals surface area (Å²) in [6.07, 6.45) is 5.21. The van der Waals surface area contributed by atoms with E-state index in [0.717, 1.165) is 23.2 Å². The molecular weight excluding hydrogens is 428 g/mol. The highest BCUT2D eigenvalue weighted by Gasteiger charge is 2.25. The molecule has 1 unspecified atom stereocenters. The van der Waals surface area contributed by atoms with E-state index in [1.165, 1.54) is 5.57 Å². The Morgan fingerprint density at radius 3 is 2.36 bits per heavy atom. The zero-order valence-corrected chi connectivity index (χ0v) is 21.7. The zero-order chi connectivity index (χ0) is 25.4.